The van der Waals surface area contributed by atoms with Crippen molar-refractivity contribution >= 4 is 11.9 Å². The first-order valence-electron chi connectivity index (χ1n) is 6.19. The van der Waals surface area contributed by atoms with Crippen LogP contribution in [0.3, 0.4) is 0 Å². The molecule has 17 heavy (non-hydrogen) atoms. The zero-order valence-electron chi connectivity index (χ0n) is 10.6. The largest absolute Gasteiger partial charge is 0.481 e. The van der Waals surface area contributed by atoms with Crippen molar-refractivity contribution in [3.05, 3.63) is 0 Å². The van der Waals surface area contributed by atoms with Gasteiger partial charge >= 0.3 is 5.97 Å². The Morgan fingerprint density at radius 3 is 2.29 bits per heavy atom. The molecule has 1 aliphatic heterocycles. The minimum absolute atomic E-state index is 0.0393. The number of carboxylic acid groups (broad SMARTS) is 1. The van der Waals surface area contributed by atoms with E-state index in [-0.39, 0.29) is 11.8 Å². The number of carbonyl (C=O) groups is 2. The van der Waals surface area contributed by atoms with Gasteiger partial charge in [0.15, 0.2) is 0 Å². The first-order valence-corrected chi connectivity index (χ1v) is 6.19. The minimum Gasteiger partial charge on any atom is -0.481 e. The van der Waals surface area contributed by atoms with Crippen LogP contribution in [0.25, 0.3) is 0 Å². The third-order valence-corrected chi connectivity index (χ3v) is 3.20. The van der Waals surface area contributed by atoms with Crippen LogP contribution in [0.1, 0.15) is 33.1 Å². The summed E-state index contributed by atoms with van der Waals surface area (Å²) in [6, 6.07) is -0.448. The molecule has 0 aromatic carbocycles. The molecule has 98 valence electrons. The topological polar surface area (TPSA) is 83.6 Å². The number of hydrogen-bond acceptors (Lipinski definition) is 3. The zero-order valence-corrected chi connectivity index (χ0v) is 10.6. The number of rotatable bonds is 4. The van der Waals surface area contributed by atoms with E-state index in [1.807, 2.05) is 13.8 Å². The van der Waals surface area contributed by atoms with E-state index in [0.29, 0.717) is 38.3 Å². The lowest BCUT2D eigenvalue weighted by atomic mass is 9.96. The molecule has 0 aromatic heterocycles. The lowest BCUT2D eigenvalue weighted by molar-refractivity contribution is -0.146. The molecule has 5 heteroatoms. The van der Waals surface area contributed by atoms with Crippen LogP contribution in [0.15, 0.2) is 0 Å². The number of nitrogens with zero attached hydrogens (tertiary/aromatic N) is 1. The maximum Gasteiger partial charge on any atom is 0.306 e. The van der Waals surface area contributed by atoms with Gasteiger partial charge in [-0.25, -0.2) is 0 Å². The lowest BCUT2D eigenvalue weighted by Crippen LogP contribution is -2.48. The van der Waals surface area contributed by atoms with Crippen LogP contribution in [0.2, 0.25) is 0 Å². The molecule has 0 radical (unpaired) electrons. The molecule has 1 amide bonds. The minimum atomic E-state index is -0.761. The van der Waals surface area contributed by atoms with Gasteiger partial charge in [-0.15, -0.1) is 0 Å². The standard InChI is InChI=1S/C12H22N2O3/c1-8(2)7-10(13)11(15)14-5-3-9(4-6-14)12(16)17/h8-10H,3-7,13H2,1-2H3,(H,16,17). The molecular weight excluding hydrogens is 220 g/mol. The molecule has 1 atom stereocenters. The van der Waals surface area contributed by atoms with Crippen molar-refractivity contribution in [1.29, 1.82) is 0 Å². The van der Waals surface area contributed by atoms with E-state index in [2.05, 4.69) is 0 Å². The summed E-state index contributed by atoms with van der Waals surface area (Å²) < 4.78 is 0. The van der Waals surface area contributed by atoms with Gasteiger partial charge in [-0.2, -0.15) is 0 Å². The predicted molar refractivity (Wildman–Crippen MR) is 64.4 cm³/mol. The second-order valence-corrected chi connectivity index (χ2v) is 5.17. The summed E-state index contributed by atoms with van der Waals surface area (Å²) in [7, 11) is 0. The number of likely N-dealkylation sites (tertiary alicyclic amines) is 1. The predicted octanol–water partition coefficient (Wildman–Crippen LogP) is 0.683. The maximum absolute atomic E-state index is 12.0. The average Bonchev–Trinajstić information content (AvgIpc) is 2.27. The van der Waals surface area contributed by atoms with Gasteiger partial charge in [0.2, 0.25) is 5.91 Å². The van der Waals surface area contributed by atoms with E-state index in [4.69, 9.17) is 10.8 Å². The van der Waals surface area contributed by atoms with Crippen LogP contribution >= 0.6 is 0 Å². The third-order valence-electron chi connectivity index (χ3n) is 3.20. The molecule has 1 fully saturated rings. The van der Waals surface area contributed by atoms with Gasteiger partial charge in [0, 0.05) is 13.1 Å². The first-order chi connectivity index (χ1) is 7.91. The van der Waals surface area contributed by atoms with Gasteiger partial charge in [0.1, 0.15) is 0 Å². The summed E-state index contributed by atoms with van der Waals surface area (Å²) >= 11 is 0. The van der Waals surface area contributed by atoms with Gasteiger partial charge in [-0.1, -0.05) is 13.8 Å². The zero-order chi connectivity index (χ0) is 13.0. The molecule has 0 aliphatic carbocycles. The average molecular weight is 242 g/mol. The van der Waals surface area contributed by atoms with Gasteiger partial charge in [-0.3, -0.25) is 9.59 Å². The van der Waals surface area contributed by atoms with Gasteiger partial charge in [-0.05, 0) is 25.2 Å². The van der Waals surface area contributed by atoms with Crippen molar-refractivity contribution in [2.75, 3.05) is 13.1 Å². The fourth-order valence-corrected chi connectivity index (χ4v) is 2.19. The van der Waals surface area contributed by atoms with Crippen LogP contribution < -0.4 is 5.73 Å². The molecular formula is C12H22N2O3. The number of aliphatic carboxylic acids is 1. The van der Waals surface area contributed by atoms with Crippen LogP contribution in [-0.2, 0) is 9.59 Å². The highest BCUT2D eigenvalue weighted by atomic mass is 16.4. The molecule has 0 spiro atoms. The molecule has 0 aromatic rings. The van der Waals surface area contributed by atoms with E-state index >= 15 is 0 Å². The smallest absolute Gasteiger partial charge is 0.306 e. The van der Waals surface area contributed by atoms with Crippen molar-refractivity contribution in [1.82, 2.24) is 4.90 Å². The fraction of sp³-hybridized carbons (Fsp3) is 0.833. The number of carboxylic acids is 1. The quantitative estimate of drug-likeness (QED) is 0.759. The summed E-state index contributed by atoms with van der Waals surface area (Å²) in [5.74, 6) is -0.711. The first kappa shape index (κ1) is 14.0. The highest BCUT2D eigenvalue weighted by Gasteiger charge is 2.29. The van der Waals surface area contributed by atoms with E-state index in [0.717, 1.165) is 0 Å². The SMILES string of the molecule is CC(C)CC(N)C(=O)N1CCC(C(=O)O)CC1. The van der Waals surface area contributed by atoms with Crippen LogP contribution in [0.4, 0.5) is 0 Å². The number of piperidine rings is 1. The van der Waals surface area contributed by atoms with Crippen LogP contribution in [0, 0.1) is 11.8 Å². The second kappa shape index (κ2) is 6.00. The van der Waals surface area contributed by atoms with Crippen LogP contribution in [0.5, 0.6) is 0 Å². The number of amides is 1. The van der Waals surface area contributed by atoms with Crippen molar-refractivity contribution in [2.45, 2.75) is 39.2 Å². The van der Waals surface area contributed by atoms with Crippen molar-refractivity contribution < 1.29 is 14.7 Å². The molecule has 0 saturated carbocycles. The summed E-state index contributed by atoms with van der Waals surface area (Å²) in [6.45, 7) is 5.09. The Balaban J connectivity index is 2.43. The Hall–Kier alpha value is -1.10. The monoisotopic (exact) mass is 242 g/mol. The maximum atomic E-state index is 12.0. The van der Waals surface area contributed by atoms with E-state index in [1.165, 1.54) is 0 Å². The Morgan fingerprint density at radius 1 is 1.35 bits per heavy atom. The fourth-order valence-electron chi connectivity index (χ4n) is 2.19. The molecule has 1 heterocycles. The van der Waals surface area contributed by atoms with E-state index in [9.17, 15) is 9.59 Å². The van der Waals surface area contributed by atoms with Gasteiger partial charge in [0.05, 0.1) is 12.0 Å². The Morgan fingerprint density at radius 2 is 1.88 bits per heavy atom. The van der Waals surface area contributed by atoms with Crippen molar-refractivity contribution in [2.24, 2.45) is 17.6 Å². The normalized spacial score (nSPS) is 19.4. The van der Waals surface area contributed by atoms with E-state index < -0.39 is 12.0 Å². The summed E-state index contributed by atoms with van der Waals surface area (Å²) in [5.41, 5.74) is 5.84. The molecule has 1 rings (SSSR count). The van der Waals surface area contributed by atoms with Gasteiger partial charge < -0.3 is 15.7 Å². The number of nitrogens with two attached hydrogens (primary N) is 1. The highest BCUT2D eigenvalue weighted by Crippen LogP contribution is 2.18. The second-order valence-electron chi connectivity index (χ2n) is 5.17. The van der Waals surface area contributed by atoms with Gasteiger partial charge in [0.25, 0.3) is 0 Å². The molecule has 5 nitrogen and oxygen atoms in total. The summed E-state index contributed by atoms with van der Waals surface area (Å²) in [6.07, 6.45) is 1.75. The highest BCUT2D eigenvalue weighted by molar-refractivity contribution is 5.82. The molecule has 0 bridgehead atoms. The number of carbonyl (C=O) groups excluding carboxylic acids is 1. The van der Waals surface area contributed by atoms with E-state index in [1.54, 1.807) is 4.90 Å². The van der Waals surface area contributed by atoms with Crippen molar-refractivity contribution in [3.63, 3.8) is 0 Å². The molecule has 1 aliphatic rings. The van der Waals surface area contributed by atoms with Crippen LogP contribution in [-0.4, -0.2) is 41.0 Å². The number of hydrogen-bond donors (Lipinski definition) is 2. The molecule has 1 unspecified atom stereocenters. The third kappa shape index (κ3) is 4.00. The summed E-state index contributed by atoms with van der Waals surface area (Å²) in [4.78, 5) is 24.4. The Kier molecular flexibility index (Phi) is 4.93. The Labute approximate surface area is 102 Å². The summed E-state index contributed by atoms with van der Waals surface area (Å²) in [5, 5.41) is 8.86. The molecule has 1 saturated heterocycles. The lowest BCUT2D eigenvalue weighted by Gasteiger charge is -2.32. The molecule has 3 N–H and O–H groups in total. The Bertz CT molecular complexity index is 283. The van der Waals surface area contributed by atoms with Crippen molar-refractivity contribution in [3.8, 4) is 0 Å².